The van der Waals surface area contributed by atoms with Crippen molar-refractivity contribution in [3.05, 3.63) is 0 Å². The zero-order chi connectivity index (χ0) is 17.3. The monoisotopic (exact) mass is 326 g/mol. The zero-order valence-electron chi connectivity index (χ0n) is 14.8. The Morgan fingerprint density at radius 1 is 1.30 bits per heavy atom. The lowest BCUT2D eigenvalue weighted by molar-refractivity contribution is -0.146. The average Bonchev–Trinajstić information content (AvgIpc) is 3.16. The van der Waals surface area contributed by atoms with Gasteiger partial charge in [0.2, 0.25) is 0 Å². The van der Waals surface area contributed by atoms with Crippen LogP contribution < -0.4 is 0 Å². The summed E-state index contributed by atoms with van der Waals surface area (Å²) in [5.41, 5.74) is -0.945. The maximum atomic E-state index is 12.2. The predicted octanol–water partition coefficient (Wildman–Crippen LogP) is 2.72. The van der Waals surface area contributed by atoms with E-state index < -0.39 is 17.1 Å². The molecule has 0 unspecified atom stereocenters. The van der Waals surface area contributed by atoms with Gasteiger partial charge in [0.05, 0.1) is 12.0 Å². The number of carboxylic acid groups (broad SMARTS) is 1. The highest BCUT2D eigenvalue weighted by molar-refractivity contribution is 5.73. The van der Waals surface area contributed by atoms with Crippen molar-refractivity contribution in [1.29, 1.82) is 0 Å². The van der Waals surface area contributed by atoms with Crippen molar-refractivity contribution in [2.24, 2.45) is 0 Å². The van der Waals surface area contributed by atoms with Crippen LogP contribution in [0.3, 0.4) is 0 Å². The van der Waals surface area contributed by atoms with Gasteiger partial charge >= 0.3 is 12.1 Å². The minimum atomic E-state index is -0.795. The molecule has 0 radical (unpaired) electrons. The third kappa shape index (κ3) is 4.59. The first-order chi connectivity index (χ1) is 10.7. The fraction of sp³-hybridized carbons (Fsp3) is 0.882. The second-order valence-electron chi connectivity index (χ2n) is 7.91. The van der Waals surface area contributed by atoms with Gasteiger partial charge in [0, 0.05) is 19.1 Å². The molecule has 1 aliphatic heterocycles. The molecule has 2 rings (SSSR count). The highest BCUT2D eigenvalue weighted by Crippen LogP contribution is 2.40. The molecule has 1 heterocycles. The second kappa shape index (κ2) is 6.67. The quantitative estimate of drug-likeness (QED) is 0.779. The van der Waals surface area contributed by atoms with Gasteiger partial charge in [-0.05, 0) is 46.6 Å². The zero-order valence-corrected chi connectivity index (χ0v) is 14.8. The fourth-order valence-corrected chi connectivity index (χ4v) is 3.32. The average molecular weight is 326 g/mol. The van der Waals surface area contributed by atoms with Crippen molar-refractivity contribution in [2.75, 3.05) is 19.6 Å². The minimum absolute atomic E-state index is 0.0898. The number of rotatable bonds is 7. The van der Waals surface area contributed by atoms with Gasteiger partial charge in [-0.1, -0.05) is 13.3 Å². The van der Waals surface area contributed by atoms with E-state index in [9.17, 15) is 14.7 Å². The van der Waals surface area contributed by atoms with E-state index in [-0.39, 0.29) is 12.5 Å². The van der Waals surface area contributed by atoms with Crippen LogP contribution in [0.25, 0.3) is 0 Å². The molecule has 1 aliphatic carbocycles. The molecule has 2 fully saturated rings. The molecule has 1 amide bonds. The number of carboxylic acids is 1. The first-order valence-corrected chi connectivity index (χ1v) is 8.63. The van der Waals surface area contributed by atoms with Gasteiger partial charge in [0.1, 0.15) is 5.60 Å². The largest absolute Gasteiger partial charge is 0.481 e. The Balaban J connectivity index is 2.04. The Labute approximate surface area is 138 Å². The molecular weight excluding hydrogens is 296 g/mol. The first-order valence-electron chi connectivity index (χ1n) is 8.63. The van der Waals surface area contributed by atoms with Crippen LogP contribution in [-0.2, 0) is 9.53 Å². The summed E-state index contributed by atoms with van der Waals surface area (Å²) in [6, 6.07) is 0.488. The van der Waals surface area contributed by atoms with E-state index >= 15 is 0 Å². The third-order valence-electron chi connectivity index (χ3n) is 4.45. The lowest BCUT2D eigenvalue weighted by atomic mass is 9.84. The van der Waals surface area contributed by atoms with Crippen LogP contribution in [-0.4, -0.2) is 63.8 Å². The van der Waals surface area contributed by atoms with Crippen molar-refractivity contribution < 1.29 is 19.4 Å². The number of likely N-dealkylation sites (tertiary alicyclic amines) is 1. The summed E-state index contributed by atoms with van der Waals surface area (Å²) in [4.78, 5) is 27.5. The van der Waals surface area contributed by atoms with Crippen LogP contribution in [0.4, 0.5) is 4.79 Å². The maximum absolute atomic E-state index is 12.2. The van der Waals surface area contributed by atoms with Crippen molar-refractivity contribution >= 4 is 12.1 Å². The molecular formula is C17H30N2O4. The summed E-state index contributed by atoms with van der Waals surface area (Å²) in [6.45, 7) is 9.48. The number of nitrogens with zero attached hydrogens (tertiary/aromatic N) is 2. The fourth-order valence-electron chi connectivity index (χ4n) is 3.32. The predicted molar refractivity (Wildman–Crippen MR) is 87.4 cm³/mol. The Morgan fingerprint density at radius 2 is 1.91 bits per heavy atom. The number of aliphatic carboxylic acids is 1. The summed E-state index contributed by atoms with van der Waals surface area (Å²) in [5, 5.41) is 9.34. The summed E-state index contributed by atoms with van der Waals surface area (Å²) >= 11 is 0. The standard InChI is InChI=1S/C17H30N2O4/c1-5-6-9-19(13-7-8-13)17(10-14(20)21)11-18(12-17)15(22)23-16(2,3)4/h13H,5-12H2,1-4H3,(H,20,21). The highest BCUT2D eigenvalue weighted by Gasteiger charge is 2.54. The van der Waals surface area contributed by atoms with Gasteiger partial charge in [-0.15, -0.1) is 0 Å². The minimum Gasteiger partial charge on any atom is -0.481 e. The normalized spacial score (nSPS) is 20.3. The number of unbranched alkanes of at least 4 members (excludes halogenated alkanes) is 1. The molecule has 6 heteroatoms. The van der Waals surface area contributed by atoms with Crippen molar-refractivity contribution in [1.82, 2.24) is 9.80 Å². The van der Waals surface area contributed by atoms with E-state index in [1.165, 1.54) is 0 Å². The molecule has 0 aromatic rings. The molecule has 0 aromatic heterocycles. The molecule has 0 bridgehead atoms. The van der Waals surface area contributed by atoms with Gasteiger partial charge in [0.25, 0.3) is 0 Å². The maximum Gasteiger partial charge on any atom is 0.410 e. The molecule has 6 nitrogen and oxygen atoms in total. The molecule has 0 spiro atoms. The highest BCUT2D eigenvalue weighted by atomic mass is 16.6. The van der Waals surface area contributed by atoms with Gasteiger partial charge in [-0.3, -0.25) is 9.69 Å². The second-order valence-corrected chi connectivity index (χ2v) is 7.91. The van der Waals surface area contributed by atoms with E-state index in [4.69, 9.17) is 4.74 Å². The number of hydrogen-bond acceptors (Lipinski definition) is 4. The van der Waals surface area contributed by atoms with Crippen LogP contribution in [0, 0.1) is 0 Å². The Bertz CT molecular complexity index is 448. The molecule has 2 aliphatic rings. The van der Waals surface area contributed by atoms with Crippen molar-refractivity contribution in [3.63, 3.8) is 0 Å². The van der Waals surface area contributed by atoms with E-state index in [1.54, 1.807) is 4.90 Å². The van der Waals surface area contributed by atoms with E-state index in [0.717, 1.165) is 32.2 Å². The lowest BCUT2D eigenvalue weighted by Crippen LogP contribution is -2.72. The van der Waals surface area contributed by atoms with Gasteiger partial charge in [-0.2, -0.15) is 0 Å². The molecule has 0 aromatic carbocycles. The molecule has 132 valence electrons. The molecule has 0 atom stereocenters. The number of ether oxygens (including phenoxy) is 1. The van der Waals surface area contributed by atoms with Crippen LogP contribution in [0.2, 0.25) is 0 Å². The summed E-state index contributed by atoms with van der Waals surface area (Å²) in [5.74, 6) is -0.795. The van der Waals surface area contributed by atoms with Gasteiger partial charge in [-0.25, -0.2) is 4.79 Å². The summed E-state index contributed by atoms with van der Waals surface area (Å²) < 4.78 is 5.40. The molecule has 23 heavy (non-hydrogen) atoms. The number of carbonyl (C=O) groups is 2. The van der Waals surface area contributed by atoms with Crippen molar-refractivity contribution in [3.8, 4) is 0 Å². The SMILES string of the molecule is CCCCN(C1CC1)C1(CC(=O)O)CN(C(=O)OC(C)(C)C)C1. The third-order valence-corrected chi connectivity index (χ3v) is 4.45. The summed E-state index contributed by atoms with van der Waals surface area (Å²) in [6.07, 6.45) is 4.17. The summed E-state index contributed by atoms with van der Waals surface area (Å²) in [7, 11) is 0. The van der Waals surface area contributed by atoms with Crippen LogP contribution >= 0.6 is 0 Å². The Kier molecular flexibility index (Phi) is 5.23. The van der Waals surface area contributed by atoms with Crippen molar-refractivity contribution in [2.45, 2.75) is 77.0 Å². The van der Waals surface area contributed by atoms with E-state index in [2.05, 4.69) is 11.8 Å². The first kappa shape index (κ1) is 18.0. The Hall–Kier alpha value is -1.30. The smallest absolute Gasteiger partial charge is 0.410 e. The topological polar surface area (TPSA) is 70.1 Å². The number of hydrogen-bond donors (Lipinski definition) is 1. The molecule has 1 saturated heterocycles. The number of carbonyl (C=O) groups excluding carboxylic acids is 1. The van der Waals surface area contributed by atoms with Crippen LogP contribution in [0.1, 0.15) is 59.8 Å². The van der Waals surface area contributed by atoms with Gasteiger partial charge in [0.15, 0.2) is 0 Å². The van der Waals surface area contributed by atoms with E-state index in [0.29, 0.717) is 19.1 Å². The van der Waals surface area contributed by atoms with E-state index in [1.807, 2.05) is 20.8 Å². The molecule has 1 saturated carbocycles. The lowest BCUT2D eigenvalue weighted by Gasteiger charge is -2.55. The molecule has 1 N–H and O–H groups in total. The number of amides is 1. The van der Waals surface area contributed by atoms with Crippen LogP contribution in [0.5, 0.6) is 0 Å². The van der Waals surface area contributed by atoms with Gasteiger partial charge < -0.3 is 14.7 Å². The van der Waals surface area contributed by atoms with Crippen LogP contribution in [0.15, 0.2) is 0 Å². The Morgan fingerprint density at radius 3 is 2.35 bits per heavy atom.